The number of hydrogen-bond acceptors (Lipinski definition) is 6. The first-order chi connectivity index (χ1) is 18.5. The van der Waals surface area contributed by atoms with Crippen LogP contribution in [0.4, 0.5) is 10.1 Å². The largest absolute Gasteiger partial charge is 0.369 e. The summed E-state index contributed by atoms with van der Waals surface area (Å²) in [5, 5.41) is 13.6. The summed E-state index contributed by atoms with van der Waals surface area (Å²) in [6.45, 7) is 5.45. The maximum atomic E-state index is 13.5. The van der Waals surface area contributed by atoms with Crippen molar-refractivity contribution in [3.8, 4) is 0 Å². The summed E-state index contributed by atoms with van der Waals surface area (Å²) < 4.78 is 15.2. The van der Waals surface area contributed by atoms with Gasteiger partial charge in [-0.1, -0.05) is 42.5 Å². The van der Waals surface area contributed by atoms with Crippen LogP contribution in [0, 0.1) is 12.7 Å². The van der Waals surface area contributed by atoms with E-state index in [1.807, 2.05) is 49.4 Å². The molecule has 38 heavy (non-hydrogen) atoms. The second-order valence-electron chi connectivity index (χ2n) is 9.73. The predicted octanol–water partition coefficient (Wildman–Crippen LogP) is 3.92. The van der Waals surface area contributed by atoms with Crippen LogP contribution < -0.4 is 10.5 Å². The number of rotatable bonds is 6. The quantitative estimate of drug-likeness (QED) is 0.374. The van der Waals surface area contributed by atoms with Gasteiger partial charge in [0.25, 0.3) is 5.56 Å². The molecule has 0 radical (unpaired) electrons. The Morgan fingerprint density at radius 3 is 2.47 bits per heavy atom. The smallest absolute Gasteiger partial charge is 0.253 e. The van der Waals surface area contributed by atoms with E-state index >= 15 is 0 Å². The Bertz CT molecular complexity index is 1610. The van der Waals surface area contributed by atoms with Crippen molar-refractivity contribution in [2.75, 3.05) is 31.1 Å². The topological polar surface area (TPSA) is 82.9 Å². The number of halogens is 1. The summed E-state index contributed by atoms with van der Waals surface area (Å²) >= 11 is 0. The van der Waals surface area contributed by atoms with Gasteiger partial charge in [-0.15, -0.1) is 5.10 Å². The first-order valence-corrected chi connectivity index (χ1v) is 12.7. The molecule has 1 aliphatic rings. The number of H-pyrrole nitrogens is 1. The third-order valence-electron chi connectivity index (χ3n) is 7.18. The molecule has 9 heteroatoms. The summed E-state index contributed by atoms with van der Waals surface area (Å²) in [5.74, 6) is 0.289. The minimum atomic E-state index is -0.446. The van der Waals surface area contributed by atoms with Crippen molar-refractivity contribution in [1.82, 2.24) is 30.1 Å². The zero-order valence-corrected chi connectivity index (χ0v) is 21.1. The fraction of sp³-hybridized carbons (Fsp3) is 0.241. The summed E-state index contributed by atoms with van der Waals surface area (Å²) in [6, 6.07) is 24.2. The van der Waals surface area contributed by atoms with Crippen LogP contribution in [0.3, 0.4) is 0 Å². The Morgan fingerprint density at radius 2 is 1.71 bits per heavy atom. The molecule has 8 nitrogen and oxygen atoms in total. The third-order valence-corrected chi connectivity index (χ3v) is 7.18. The van der Waals surface area contributed by atoms with Crippen LogP contribution in [0.25, 0.3) is 10.9 Å². The number of pyridine rings is 1. The summed E-state index contributed by atoms with van der Waals surface area (Å²) in [7, 11) is 0. The summed E-state index contributed by atoms with van der Waals surface area (Å²) in [4.78, 5) is 21.2. The van der Waals surface area contributed by atoms with Gasteiger partial charge < -0.3 is 9.88 Å². The molecule has 0 unspecified atom stereocenters. The van der Waals surface area contributed by atoms with Gasteiger partial charge in [0.2, 0.25) is 0 Å². The molecule has 6 rings (SSSR count). The minimum absolute atomic E-state index is 0.157. The Kier molecular flexibility index (Phi) is 6.43. The van der Waals surface area contributed by atoms with Gasteiger partial charge >= 0.3 is 0 Å². The van der Waals surface area contributed by atoms with E-state index < -0.39 is 6.04 Å². The van der Waals surface area contributed by atoms with Gasteiger partial charge in [0.15, 0.2) is 5.82 Å². The molecule has 1 N–H and O–H groups in total. The first kappa shape index (κ1) is 24.0. The number of benzene rings is 3. The van der Waals surface area contributed by atoms with E-state index in [0.717, 1.165) is 48.2 Å². The van der Waals surface area contributed by atoms with Crippen LogP contribution in [-0.4, -0.2) is 56.3 Å². The van der Waals surface area contributed by atoms with E-state index in [1.165, 1.54) is 17.8 Å². The van der Waals surface area contributed by atoms with Crippen LogP contribution in [0.15, 0.2) is 83.7 Å². The molecule has 1 fully saturated rings. The highest BCUT2D eigenvalue weighted by atomic mass is 19.1. The van der Waals surface area contributed by atoms with Crippen LogP contribution in [0.2, 0.25) is 0 Å². The number of piperazine rings is 1. The Hall–Kier alpha value is -4.37. The molecule has 3 aromatic carbocycles. The second-order valence-corrected chi connectivity index (χ2v) is 9.73. The van der Waals surface area contributed by atoms with Gasteiger partial charge in [-0.3, -0.25) is 9.69 Å². The Labute approximate surface area is 219 Å². The molecular weight excluding hydrogens is 481 g/mol. The van der Waals surface area contributed by atoms with Crippen molar-refractivity contribution in [3.63, 3.8) is 0 Å². The van der Waals surface area contributed by atoms with E-state index in [2.05, 4.69) is 42.4 Å². The number of nitrogens with one attached hydrogen (secondary N) is 1. The van der Waals surface area contributed by atoms with Crippen LogP contribution in [0.1, 0.15) is 28.6 Å². The number of tetrazole rings is 1. The van der Waals surface area contributed by atoms with E-state index in [4.69, 9.17) is 0 Å². The average molecular weight is 510 g/mol. The lowest BCUT2D eigenvalue weighted by Gasteiger charge is -2.39. The molecule has 0 amide bonds. The average Bonchev–Trinajstić information content (AvgIpc) is 3.39. The van der Waals surface area contributed by atoms with Gasteiger partial charge in [0.05, 0.1) is 6.54 Å². The number of aryl methyl sites for hydroxylation is 1. The zero-order valence-electron chi connectivity index (χ0n) is 21.1. The molecule has 192 valence electrons. The van der Waals surface area contributed by atoms with Gasteiger partial charge in [-0.05, 0) is 70.3 Å². The van der Waals surface area contributed by atoms with Gasteiger partial charge in [-0.25, -0.2) is 9.07 Å². The molecule has 0 saturated carbocycles. The molecule has 1 atom stereocenters. The maximum Gasteiger partial charge on any atom is 0.253 e. The highest BCUT2D eigenvalue weighted by Gasteiger charge is 2.32. The Balaban J connectivity index is 1.39. The van der Waals surface area contributed by atoms with Gasteiger partial charge in [0, 0.05) is 42.9 Å². The predicted molar refractivity (Wildman–Crippen MR) is 145 cm³/mol. The molecule has 0 spiro atoms. The lowest BCUT2D eigenvalue weighted by Crippen LogP contribution is -2.49. The molecule has 2 aromatic heterocycles. The standard InChI is InChI=1S/C29H28FN7O/c1-20-7-10-22-18-25(29(38)31-26(22)17-20)27(36-15-13-35(14-16-36)24-5-3-2-4-6-24)28-32-33-34-37(28)19-21-8-11-23(30)12-9-21/h2-12,17-18,27H,13-16,19H2,1H3,(H,31,38)/t27-/m0/s1. The minimum Gasteiger partial charge on any atom is -0.369 e. The lowest BCUT2D eigenvalue weighted by atomic mass is 10.0. The highest BCUT2D eigenvalue weighted by Crippen LogP contribution is 2.29. The van der Waals surface area contributed by atoms with Crippen LogP contribution >= 0.6 is 0 Å². The summed E-state index contributed by atoms with van der Waals surface area (Å²) in [5.41, 5.74) is 4.38. The number of nitrogens with zero attached hydrogens (tertiary/aromatic N) is 6. The maximum absolute atomic E-state index is 13.5. The van der Waals surface area contributed by atoms with Gasteiger partial charge in [0.1, 0.15) is 11.9 Å². The van der Waals surface area contributed by atoms with Crippen molar-refractivity contribution in [3.05, 3.63) is 118 Å². The van der Waals surface area contributed by atoms with E-state index in [1.54, 1.807) is 16.8 Å². The molecule has 5 aromatic rings. The number of para-hydroxylation sites is 1. The monoisotopic (exact) mass is 509 g/mol. The fourth-order valence-corrected chi connectivity index (χ4v) is 5.19. The van der Waals surface area contributed by atoms with Crippen LogP contribution in [0.5, 0.6) is 0 Å². The summed E-state index contributed by atoms with van der Waals surface area (Å²) in [6.07, 6.45) is 0. The number of hydrogen-bond donors (Lipinski definition) is 1. The fourth-order valence-electron chi connectivity index (χ4n) is 5.19. The van der Waals surface area contributed by atoms with Crippen molar-refractivity contribution in [2.45, 2.75) is 19.5 Å². The van der Waals surface area contributed by atoms with Crippen molar-refractivity contribution in [1.29, 1.82) is 0 Å². The van der Waals surface area contributed by atoms with Crippen molar-refractivity contribution in [2.24, 2.45) is 0 Å². The Morgan fingerprint density at radius 1 is 0.947 bits per heavy atom. The highest BCUT2D eigenvalue weighted by molar-refractivity contribution is 5.79. The molecule has 1 aliphatic heterocycles. The van der Waals surface area contributed by atoms with Crippen molar-refractivity contribution < 1.29 is 4.39 Å². The molecule has 1 saturated heterocycles. The van der Waals surface area contributed by atoms with Gasteiger partial charge in [-0.2, -0.15) is 0 Å². The van der Waals surface area contributed by atoms with E-state index in [-0.39, 0.29) is 11.4 Å². The zero-order chi connectivity index (χ0) is 26.1. The number of aromatic nitrogens is 5. The number of fused-ring (bicyclic) bond motifs is 1. The van der Waals surface area contributed by atoms with E-state index in [0.29, 0.717) is 17.9 Å². The molecular formula is C29H28FN7O. The number of aromatic amines is 1. The van der Waals surface area contributed by atoms with Crippen molar-refractivity contribution >= 4 is 16.6 Å². The second kappa shape index (κ2) is 10.2. The first-order valence-electron chi connectivity index (χ1n) is 12.7. The molecule has 0 bridgehead atoms. The third kappa shape index (κ3) is 4.80. The van der Waals surface area contributed by atoms with E-state index in [9.17, 15) is 9.18 Å². The lowest BCUT2D eigenvalue weighted by molar-refractivity contribution is 0.200. The molecule has 0 aliphatic carbocycles. The normalized spacial score (nSPS) is 15.2. The molecule has 3 heterocycles. The SMILES string of the molecule is Cc1ccc2cc([C@@H](c3nnnn3Cc3ccc(F)cc3)N3CCN(c4ccccc4)CC3)c(=O)[nH]c2c1. The number of anilines is 1. The van der Waals surface area contributed by atoms with Crippen LogP contribution in [-0.2, 0) is 6.54 Å².